The van der Waals surface area contributed by atoms with Crippen LogP contribution in [0.25, 0.3) is 6.08 Å². The second-order valence-electron chi connectivity index (χ2n) is 5.33. The van der Waals surface area contributed by atoms with Crippen molar-refractivity contribution in [3.63, 3.8) is 0 Å². The fourth-order valence-electron chi connectivity index (χ4n) is 2.19. The van der Waals surface area contributed by atoms with E-state index in [0.717, 1.165) is 11.3 Å². The molecule has 0 saturated carbocycles. The van der Waals surface area contributed by atoms with Crippen molar-refractivity contribution in [1.29, 1.82) is 0 Å². The van der Waals surface area contributed by atoms with E-state index in [1.165, 1.54) is 19.1 Å². The lowest BCUT2D eigenvalue weighted by Crippen LogP contribution is -2.13. The third kappa shape index (κ3) is 3.00. The zero-order valence-corrected chi connectivity index (χ0v) is 13.0. The van der Waals surface area contributed by atoms with Gasteiger partial charge in [-0.2, -0.15) is 5.10 Å². The van der Waals surface area contributed by atoms with Gasteiger partial charge in [0, 0.05) is 23.4 Å². The first kappa shape index (κ1) is 15.8. The highest BCUT2D eigenvalue weighted by Crippen LogP contribution is 2.17. The number of carbonyl (C=O) groups is 1. The zero-order chi connectivity index (χ0) is 16.4. The summed E-state index contributed by atoms with van der Waals surface area (Å²) in [6.07, 6.45) is 4.45. The van der Waals surface area contributed by atoms with Crippen LogP contribution in [0.3, 0.4) is 0 Å². The van der Waals surface area contributed by atoms with Crippen molar-refractivity contribution in [3.05, 3.63) is 51.3 Å². The summed E-state index contributed by atoms with van der Waals surface area (Å²) in [5.74, 6) is -0.738. The second-order valence-corrected chi connectivity index (χ2v) is 5.33. The van der Waals surface area contributed by atoms with Gasteiger partial charge in [-0.25, -0.2) is 4.79 Å². The summed E-state index contributed by atoms with van der Waals surface area (Å²) < 4.78 is 6.67. The quantitative estimate of drug-likeness (QED) is 0.693. The monoisotopic (exact) mass is 302 g/mol. The summed E-state index contributed by atoms with van der Waals surface area (Å²) in [5.41, 5.74) is 0.481. The molecule has 6 heteroatoms. The van der Waals surface area contributed by atoms with Crippen LogP contribution in [-0.4, -0.2) is 20.7 Å². The van der Waals surface area contributed by atoms with Gasteiger partial charge in [0.2, 0.25) is 0 Å². The molecule has 0 unspecified atom stereocenters. The Morgan fingerprint density at radius 1 is 1.41 bits per heavy atom. The summed E-state index contributed by atoms with van der Waals surface area (Å²) in [4.78, 5) is 23.8. The molecule has 0 radical (unpaired) electrons. The first-order valence-corrected chi connectivity index (χ1v) is 6.91. The Balaban J connectivity index is 2.32. The largest absolute Gasteiger partial charge is 0.507 e. The van der Waals surface area contributed by atoms with Crippen molar-refractivity contribution in [1.82, 2.24) is 9.78 Å². The summed E-state index contributed by atoms with van der Waals surface area (Å²) in [6.45, 7) is 7.44. The number of carbonyl (C=O) groups excluding carboxylic acids is 1. The summed E-state index contributed by atoms with van der Waals surface area (Å²) in [5, 5.41) is 14.0. The fraction of sp³-hybridized carbons (Fsp3) is 0.312. The average molecular weight is 302 g/mol. The highest BCUT2D eigenvalue weighted by Gasteiger charge is 2.16. The Hall–Kier alpha value is -2.63. The van der Waals surface area contributed by atoms with Crippen molar-refractivity contribution in [2.45, 2.75) is 33.7 Å². The minimum atomic E-state index is -0.846. The Bertz CT molecular complexity index is 797. The van der Waals surface area contributed by atoms with E-state index in [1.54, 1.807) is 12.3 Å². The van der Waals surface area contributed by atoms with Gasteiger partial charge in [-0.05, 0) is 39.8 Å². The molecule has 2 aromatic heterocycles. The van der Waals surface area contributed by atoms with Gasteiger partial charge in [0.1, 0.15) is 17.1 Å². The van der Waals surface area contributed by atoms with E-state index < -0.39 is 11.4 Å². The van der Waals surface area contributed by atoms with Crippen LogP contribution in [0.4, 0.5) is 0 Å². The zero-order valence-electron chi connectivity index (χ0n) is 13.0. The number of nitrogens with zero attached hydrogens (tertiary/aromatic N) is 2. The Morgan fingerprint density at radius 3 is 2.64 bits per heavy atom. The molecule has 6 nitrogen and oxygen atoms in total. The van der Waals surface area contributed by atoms with Gasteiger partial charge in [-0.3, -0.25) is 9.48 Å². The van der Waals surface area contributed by atoms with Crippen molar-refractivity contribution >= 4 is 11.9 Å². The van der Waals surface area contributed by atoms with Crippen LogP contribution in [0.1, 0.15) is 47.3 Å². The summed E-state index contributed by atoms with van der Waals surface area (Å²) >= 11 is 0. The molecule has 0 aliphatic rings. The predicted molar refractivity (Wildman–Crippen MR) is 82.1 cm³/mol. The van der Waals surface area contributed by atoms with Gasteiger partial charge in [0.05, 0.1) is 6.20 Å². The average Bonchev–Trinajstić information content (AvgIpc) is 2.76. The number of aryl methyl sites for hydroxylation is 1. The maximum absolute atomic E-state index is 12.1. The molecule has 0 spiro atoms. The molecule has 1 N–H and O–H groups in total. The molecule has 2 heterocycles. The van der Waals surface area contributed by atoms with Gasteiger partial charge in [0.25, 0.3) is 0 Å². The van der Waals surface area contributed by atoms with Crippen LogP contribution in [-0.2, 0) is 0 Å². The molecule has 0 aromatic carbocycles. The lowest BCUT2D eigenvalue weighted by molar-refractivity contribution is 0.104. The van der Waals surface area contributed by atoms with E-state index in [4.69, 9.17) is 4.42 Å². The lowest BCUT2D eigenvalue weighted by Gasteiger charge is -2.07. The van der Waals surface area contributed by atoms with Gasteiger partial charge in [0.15, 0.2) is 5.78 Å². The van der Waals surface area contributed by atoms with Crippen LogP contribution < -0.4 is 5.63 Å². The maximum atomic E-state index is 12.1. The number of rotatable bonds is 4. The Labute approximate surface area is 127 Å². The maximum Gasteiger partial charge on any atom is 0.351 e. The van der Waals surface area contributed by atoms with E-state index in [9.17, 15) is 14.7 Å². The second kappa shape index (κ2) is 6.01. The highest BCUT2D eigenvalue weighted by atomic mass is 16.4. The molecular weight excluding hydrogens is 284 g/mol. The van der Waals surface area contributed by atoms with E-state index in [0.29, 0.717) is 0 Å². The predicted octanol–water partition coefficient (Wildman–Crippen LogP) is 2.64. The van der Waals surface area contributed by atoms with Crippen molar-refractivity contribution in [2.24, 2.45) is 0 Å². The number of hydrogen-bond donors (Lipinski definition) is 1. The highest BCUT2D eigenvalue weighted by molar-refractivity contribution is 6.08. The molecule has 2 rings (SSSR count). The summed E-state index contributed by atoms with van der Waals surface area (Å²) in [7, 11) is 0. The molecule has 0 bridgehead atoms. The van der Waals surface area contributed by atoms with Crippen LogP contribution in [0.5, 0.6) is 5.75 Å². The van der Waals surface area contributed by atoms with Crippen LogP contribution >= 0.6 is 0 Å². The van der Waals surface area contributed by atoms with E-state index in [1.807, 2.05) is 25.5 Å². The van der Waals surface area contributed by atoms with E-state index >= 15 is 0 Å². The molecular formula is C16H18N2O4. The number of ketones is 1. The molecule has 0 atom stereocenters. The number of hydrogen-bond acceptors (Lipinski definition) is 5. The van der Waals surface area contributed by atoms with Crippen molar-refractivity contribution in [2.75, 3.05) is 0 Å². The van der Waals surface area contributed by atoms with Gasteiger partial charge < -0.3 is 9.52 Å². The smallest absolute Gasteiger partial charge is 0.351 e. The van der Waals surface area contributed by atoms with Crippen LogP contribution in [0.2, 0.25) is 0 Å². The Morgan fingerprint density at radius 2 is 2.09 bits per heavy atom. The normalized spacial score (nSPS) is 11.5. The SMILES string of the molecule is Cc1cc(O)c(C(=O)C=Cc2cnn(C(C)C)c2C)c(=O)o1. The van der Waals surface area contributed by atoms with Gasteiger partial charge in [-0.1, -0.05) is 0 Å². The molecule has 2 aromatic rings. The molecule has 22 heavy (non-hydrogen) atoms. The van der Waals surface area contributed by atoms with Gasteiger partial charge in [-0.15, -0.1) is 0 Å². The van der Waals surface area contributed by atoms with Crippen LogP contribution in [0, 0.1) is 13.8 Å². The Kier molecular flexibility index (Phi) is 4.30. The third-order valence-electron chi connectivity index (χ3n) is 3.29. The molecule has 0 aliphatic carbocycles. The van der Waals surface area contributed by atoms with E-state index in [2.05, 4.69) is 5.10 Å². The number of aromatic nitrogens is 2. The first-order valence-electron chi connectivity index (χ1n) is 6.91. The first-order chi connectivity index (χ1) is 10.3. The minimum absolute atomic E-state index is 0.214. The lowest BCUT2D eigenvalue weighted by atomic mass is 10.1. The topological polar surface area (TPSA) is 85.3 Å². The number of aromatic hydroxyl groups is 1. The summed E-state index contributed by atoms with van der Waals surface area (Å²) in [6, 6.07) is 1.45. The molecule has 116 valence electrons. The number of allylic oxidation sites excluding steroid dienone is 1. The van der Waals surface area contributed by atoms with E-state index in [-0.39, 0.29) is 23.1 Å². The molecule has 0 amide bonds. The van der Waals surface area contributed by atoms with Crippen molar-refractivity contribution in [3.8, 4) is 5.75 Å². The third-order valence-corrected chi connectivity index (χ3v) is 3.29. The molecule has 0 aliphatic heterocycles. The van der Waals surface area contributed by atoms with Crippen molar-refractivity contribution < 1.29 is 14.3 Å². The standard InChI is InChI=1S/C16H18N2O4/c1-9(2)18-11(4)12(8-17-18)5-6-13(19)15-14(20)7-10(3)22-16(15)21/h5-9,20H,1-4H3. The molecule has 0 saturated heterocycles. The minimum Gasteiger partial charge on any atom is -0.507 e. The fourth-order valence-corrected chi connectivity index (χ4v) is 2.19. The molecule has 0 fully saturated rings. The van der Waals surface area contributed by atoms with Crippen LogP contribution in [0.15, 0.2) is 27.6 Å². The van der Waals surface area contributed by atoms with Gasteiger partial charge >= 0.3 is 5.63 Å².